The largest absolute Gasteiger partial charge is 0.497 e. The lowest BCUT2D eigenvalue weighted by atomic mass is 10.1. The molecule has 3 N–H and O–H groups in total. The minimum atomic E-state index is -0.795. The molecule has 0 bridgehead atoms. The molecule has 18 heavy (non-hydrogen) atoms. The number of hydrogen-bond donors (Lipinski definition) is 2. The molecule has 5 nitrogen and oxygen atoms in total. The first-order chi connectivity index (χ1) is 8.60. The number of benzene rings is 1. The Morgan fingerprint density at radius 2 is 2.17 bits per heavy atom. The van der Waals surface area contributed by atoms with E-state index in [0.29, 0.717) is 19.5 Å². The van der Waals surface area contributed by atoms with E-state index in [1.165, 1.54) is 0 Å². The molecule has 0 amide bonds. The number of nitrogens with two attached hydrogens (primary N) is 1. The van der Waals surface area contributed by atoms with E-state index in [2.05, 4.69) is 0 Å². The average Bonchev–Trinajstić information content (AvgIpc) is 2.71. The maximum absolute atomic E-state index is 11.1. The van der Waals surface area contributed by atoms with Crippen LogP contribution in [0.15, 0.2) is 24.3 Å². The second-order valence-electron chi connectivity index (χ2n) is 4.63. The van der Waals surface area contributed by atoms with Gasteiger partial charge in [-0.1, -0.05) is 12.1 Å². The summed E-state index contributed by atoms with van der Waals surface area (Å²) in [6.07, 6.45) is 0.519. The molecule has 0 radical (unpaired) electrons. The summed E-state index contributed by atoms with van der Waals surface area (Å²) in [5.74, 6) is 0.00289. The summed E-state index contributed by atoms with van der Waals surface area (Å²) in [5, 5.41) is 9.14. The summed E-state index contributed by atoms with van der Waals surface area (Å²) in [5.41, 5.74) is 6.89. The van der Waals surface area contributed by atoms with Gasteiger partial charge in [0.2, 0.25) is 0 Å². The highest BCUT2D eigenvalue weighted by molar-refractivity contribution is 5.74. The van der Waals surface area contributed by atoms with E-state index in [1.54, 1.807) is 7.11 Å². The van der Waals surface area contributed by atoms with Gasteiger partial charge in [0.1, 0.15) is 11.8 Å². The summed E-state index contributed by atoms with van der Waals surface area (Å²) in [7, 11) is 1.62. The van der Waals surface area contributed by atoms with Crippen molar-refractivity contribution in [2.24, 2.45) is 5.73 Å². The van der Waals surface area contributed by atoms with Gasteiger partial charge in [-0.15, -0.1) is 0 Å². The van der Waals surface area contributed by atoms with Crippen molar-refractivity contribution in [2.45, 2.75) is 25.0 Å². The van der Waals surface area contributed by atoms with Crippen LogP contribution < -0.4 is 10.5 Å². The van der Waals surface area contributed by atoms with E-state index in [9.17, 15) is 4.79 Å². The van der Waals surface area contributed by atoms with E-state index in [4.69, 9.17) is 15.6 Å². The summed E-state index contributed by atoms with van der Waals surface area (Å²) >= 11 is 0. The lowest BCUT2D eigenvalue weighted by Crippen LogP contribution is -2.35. The van der Waals surface area contributed by atoms with Crippen LogP contribution in [-0.4, -0.2) is 41.7 Å². The molecule has 1 aromatic rings. The van der Waals surface area contributed by atoms with Gasteiger partial charge in [-0.3, -0.25) is 9.69 Å². The van der Waals surface area contributed by atoms with Gasteiger partial charge < -0.3 is 15.6 Å². The number of rotatable bonds is 4. The SMILES string of the molecule is COc1ccc(CN2CC(N)CC2C(=O)O)cc1. The minimum Gasteiger partial charge on any atom is -0.497 e. The number of carboxylic acids is 1. The van der Waals surface area contributed by atoms with Crippen molar-refractivity contribution in [2.75, 3.05) is 13.7 Å². The number of aliphatic carboxylic acids is 1. The Kier molecular flexibility index (Phi) is 3.84. The molecule has 1 aromatic carbocycles. The molecule has 0 saturated carbocycles. The van der Waals surface area contributed by atoms with Gasteiger partial charge in [0.15, 0.2) is 0 Å². The van der Waals surface area contributed by atoms with E-state index in [1.807, 2.05) is 29.2 Å². The molecule has 1 heterocycles. The number of carboxylic acid groups (broad SMARTS) is 1. The van der Waals surface area contributed by atoms with Gasteiger partial charge in [-0.2, -0.15) is 0 Å². The third-order valence-electron chi connectivity index (χ3n) is 3.27. The average molecular weight is 250 g/mol. The van der Waals surface area contributed by atoms with Crippen molar-refractivity contribution in [3.63, 3.8) is 0 Å². The second-order valence-corrected chi connectivity index (χ2v) is 4.63. The molecule has 2 rings (SSSR count). The molecule has 0 spiro atoms. The fourth-order valence-electron chi connectivity index (χ4n) is 2.34. The van der Waals surface area contributed by atoms with Crippen LogP contribution in [0.5, 0.6) is 5.75 Å². The Balaban J connectivity index is 2.05. The molecular weight excluding hydrogens is 232 g/mol. The van der Waals surface area contributed by atoms with Gasteiger partial charge in [0.05, 0.1) is 7.11 Å². The van der Waals surface area contributed by atoms with Crippen LogP contribution in [-0.2, 0) is 11.3 Å². The highest BCUT2D eigenvalue weighted by Crippen LogP contribution is 2.21. The van der Waals surface area contributed by atoms with Crippen molar-refractivity contribution in [3.8, 4) is 5.75 Å². The van der Waals surface area contributed by atoms with Crippen LogP contribution in [0.3, 0.4) is 0 Å². The number of likely N-dealkylation sites (tertiary alicyclic amines) is 1. The van der Waals surface area contributed by atoms with Crippen molar-refractivity contribution < 1.29 is 14.6 Å². The van der Waals surface area contributed by atoms with Crippen LogP contribution in [0.4, 0.5) is 0 Å². The first-order valence-electron chi connectivity index (χ1n) is 5.95. The molecule has 2 atom stereocenters. The predicted octanol–water partition coefficient (Wildman–Crippen LogP) is 0.681. The fraction of sp³-hybridized carbons (Fsp3) is 0.462. The van der Waals surface area contributed by atoms with E-state index in [0.717, 1.165) is 11.3 Å². The zero-order valence-electron chi connectivity index (χ0n) is 10.4. The quantitative estimate of drug-likeness (QED) is 0.822. The number of ether oxygens (including phenoxy) is 1. The van der Waals surface area contributed by atoms with E-state index >= 15 is 0 Å². The van der Waals surface area contributed by atoms with Crippen molar-refractivity contribution >= 4 is 5.97 Å². The predicted molar refractivity (Wildman–Crippen MR) is 67.4 cm³/mol. The molecular formula is C13H18N2O3. The first kappa shape index (κ1) is 12.9. The lowest BCUT2D eigenvalue weighted by Gasteiger charge is -2.20. The molecule has 2 unspecified atom stereocenters. The number of hydrogen-bond acceptors (Lipinski definition) is 4. The van der Waals surface area contributed by atoms with Crippen molar-refractivity contribution in [3.05, 3.63) is 29.8 Å². The van der Waals surface area contributed by atoms with E-state index in [-0.39, 0.29) is 6.04 Å². The molecule has 1 aliphatic heterocycles. The highest BCUT2D eigenvalue weighted by atomic mass is 16.5. The molecule has 1 fully saturated rings. The molecule has 1 saturated heterocycles. The second kappa shape index (κ2) is 5.37. The smallest absolute Gasteiger partial charge is 0.320 e. The van der Waals surface area contributed by atoms with Crippen LogP contribution in [0, 0.1) is 0 Å². The summed E-state index contributed by atoms with van der Waals surface area (Å²) in [6.45, 7) is 1.23. The van der Waals surface area contributed by atoms with Gasteiger partial charge in [-0.05, 0) is 24.1 Å². The standard InChI is InChI=1S/C13H18N2O3/c1-18-11-4-2-9(3-5-11)7-15-8-10(14)6-12(15)13(16)17/h2-5,10,12H,6-8,14H2,1H3,(H,16,17). The third kappa shape index (κ3) is 2.80. The van der Waals surface area contributed by atoms with Crippen LogP contribution in [0.1, 0.15) is 12.0 Å². The highest BCUT2D eigenvalue weighted by Gasteiger charge is 2.34. The Morgan fingerprint density at radius 1 is 1.50 bits per heavy atom. The van der Waals surface area contributed by atoms with E-state index < -0.39 is 12.0 Å². The Labute approximate surface area is 106 Å². The molecule has 98 valence electrons. The first-order valence-corrected chi connectivity index (χ1v) is 5.95. The third-order valence-corrected chi connectivity index (χ3v) is 3.27. The van der Waals surface area contributed by atoms with Gasteiger partial charge in [0.25, 0.3) is 0 Å². The topological polar surface area (TPSA) is 75.8 Å². The number of carbonyl (C=O) groups is 1. The monoisotopic (exact) mass is 250 g/mol. The minimum absolute atomic E-state index is 0.0515. The fourth-order valence-corrected chi connectivity index (χ4v) is 2.34. The molecule has 1 aliphatic rings. The lowest BCUT2D eigenvalue weighted by molar-refractivity contribution is -0.142. The van der Waals surface area contributed by atoms with Crippen LogP contribution in [0.2, 0.25) is 0 Å². The van der Waals surface area contributed by atoms with Crippen LogP contribution >= 0.6 is 0 Å². The number of methoxy groups -OCH3 is 1. The summed E-state index contributed by atoms with van der Waals surface area (Å²) in [4.78, 5) is 13.0. The molecule has 5 heteroatoms. The summed E-state index contributed by atoms with van der Waals surface area (Å²) < 4.78 is 5.09. The zero-order valence-corrected chi connectivity index (χ0v) is 10.4. The van der Waals surface area contributed by atoms with Crippen molar-refractivity contribution in [1.82, 2.24) is 4.90 Å². The van der Waals surface area contributed by atoms with Crippen LogP contribution in [0.25, 0.3) is 0 Å². The molecule has 0 aromatic heterocycles. The van der Waals surface area contributed by atoms with Crippen molar-refractivity contribution in [1.29, 1.82) is 0 Å². The number of nitrogens with zero attached hydrogens (tertiary/aromatic N) is 1. The molecule has 0 aliphatic carbocycles. The summed E-state index contributed by atoms with van der Waals surface area (Å²) in [6, 6.07) is 7.12. The van der Waals surface area contributed by atoms with Gasteiger partial charge >= 0.3 is 5.97 Å². The Bertz CT molecular complexity index is 419. The normalized spacial score (nSPS) is 24.1. The van der Waals surface area contributed by atoms with Gasteiger partial charge in [-0.25, -0.2) is 0 Å². The Hall–Kier alpha value is -1.59. The van der Waals surface area contributed by atoms with Gasteiger partial charge in [0, 0.05) is 19.1 Å². The zero-order chi connectivity index (χ0) is 13.1. The Morgan fingerprint density at radius 3 is 2.72 bits per heavy atom. The maximum Gasteiger partial charge on any atom is 0.320 e. The maximum atomic E-state index is 11.1.